The molecule has 0 bridgehead atoms. The van der Waals surface area contributed by atoms with Crippen LogP contribution >= 0.6 is 0 Å². The molecule has 7 nitrogen and oxygen atoms in total. The maximum absolute atomic E-state index is 12.3. The number of hydrogen-bond acceptors (Lipinski definition) is 7. The van der Waals surface area contributed by atoms with E-state index < -0.39 is 29.7 Å². The van der Waals surface area contributed by atoms with Gasteiger partial charge in [0.05, 0.1) is 0 Å². The van der Waals surface area contributed by atoms with Crippen molar-refractivity contribution in [1.82, 2.24) is 0 Å². The molecule has 0 unspecified atom stereocenters. The van der Waals surface area contributed by atoms with E-state index >= 15 is 0 Å². The summed E-state index contributed by atoms with van der Waals surface area (Å²) < 4.78 is 17.0. The molecule has 2 aromatic rings. The van der Waals surface area contributed by atoms with E-state index in [1.807, 2.05) is 0 Å². The molecule has 1 atom stereocenters. The van der Waals surface area contributed by atoms with Gasteiger partial charge in [0.1, 0.15) is 46.5 Å². The lowest BCUT2D eigenvalue weighted by Crippen LogP contribution is -2.49. The summed E-state index contributed by atoms with van der Waals surface area (Å²) in [4.78, 5) is 24.5. The molecule has 1 aliphatic heterocycles. The zero-order valence-electron chi connectivity index (χ0n) is 15.7. The number of phenols is 1. The van der Waals surface area contributed by atoms with Gasteiger partial charge in [0.2, 0.25) is 0 Å². The van der Waals surface area contributed by atoms with E-state index in [1.54, 1.807) is 33.8 Å². The minimum absolute atomic E-state index is 0.00367. The number of carbonyl (C=O) groups excluding carboxylic acids is 1. The first kappa shape index (κ1) is 19.0. The zero-order valence-corrected chi connectivity index (χ0v) is 15.7. The normalized spacial score (nSPS) is 18.7. The first-order valence-corrected chi connectivity index (χ1v) is 8.63. The van der Waals surface area contributed by atoms with Crippen molar-refractivity contribution in [3.8, 4) is 11.5 Å². The minimum atomic E-state index is -0.855. The molecule has 0 saturated carbocycles. The molecule has 0 radical (unpaired) electrons. The summed E-state index contributed by atoms with van der Waals surface area (Å²) in [6, 6.07) is 2.65. The molecule has 0 spiro atoms. The second-order valence-electron chi connectivity index (χ2n) is 7.09. The van der Waals surface area contributed by atoms with Gasteiger partial charge in [-0.2, -0.15) is 0 Å². The first-order valence-electron chi connectivity index (χ1n) is 8.63. The Hall–Kier alpha value is -2.80. The lowest BCUT2D eigenvalue weighted by atomic mass is 9.89. The van der Waals surface area contributed by atoms with Crippen molar-refractivity contribution in [2.45, 2.75) is 52.4 Å². The van der Waals surface area contributed by atoms with Crippen molar-refractivity contribution in [1.29, 1.82) is 0 Å². The summed E-state index contributed by atoms with van der Waals surface area (Å²) in [5.74, 6) is -0.288. The van der Waals surface area contributed by atoms with Crippen LogP contribution in [0.15, 0.2) is 33.0 Å². The van der Waals surface area contributed by atoms with E-state index in [2.05, 4.69) is 0 Å². The second-order valence-corrected chi connectivity index (χ2v) is 7.09. The molecule has 1 aromatic carbocycles. The highest BCUT2D eigenvalue weighted by Crippen LogP contribution is 2.42. The Labute approximate surface area is 155 Å². The van der Waals surface area contributed by atoms with Crippen LogP contribution in [0, 0.1) is 0 Å². The molecule has 7 heteroatoms. The number of allylic oxidation sites excluding steroid dienone is 1. The molecule has 0 saturated heterocycles. The van der Waals surface area contributed by atoms with Gasteiger partial charge in [-0.1, -0.05) is 6.08 Å². The smallest absolute Gasteiger partial charge is 0.333 e. The highest BCUT2D eigenvalue weighted by Gasteiger charge is 2.41. The van der Waals surface area contributed by atoms with Crippen LogP contribution < -0.4 is 10.2 Å². The fourth-order valence-electron chi connectivity index (χ4n) is 3.04. The van der Waals surface area contributed by atoms with E-state index in [-0.39, 0.29) is 28.9 Å². The monoisotopic (exact) mass is 374 g/mol. The molecule has 0 amide bonds. The average molecular weight is 374 g/mol. The van der Waals surface area contributed by atoms with E-state index in [9.17, 15) is 19.8 Å². The number of ether oxygens (including phenoxy) is 2. The number of hydrogen-bond donors (Lipinski definition) is 2. The summed E-state index contributed by atoms with van der Waals surface area (Å²) in [5.41, 5.74) is -0.355. The Morgan fingerprint density at radius 1 is 1.41 bits per heavy atom. The van der Waals surface area contributed by atoms with E-state index in [0.29, 0.717) is 16.9 Å². The van der Waals surface area contributed by atoms with E-state index in [4.69, 9.17) is 13.9 Å². The number of benzene rings is 1. The Balaban J connectivity index is 2.09. The molecular weight excluding hydrogens is 352 g/mol. The van der Waals surface area contributed by atoms with Gasteiger partial charge >= 0.3 is 5.97 Å². The second kappa shape index (κ2) is 6.74. The third-order valence-electron chi connectivity index (χ3n) is 4.81. The molecule has 3 rings (SSSR count). The van der Waals surface area contributed by atoms with Gasteiger partial charge < -0.3 is 24.1 Å². The first-order chi connectivity index (χ1) is 12.7. The molecule has 1 aromatic heterocycles. The molecule has 0 aliphatic carbocycles. The van der Waals surface area contributed by atoms with Gasteiger partial charge in [0.25, 0.3) is 0 Å². The van der Waals surface area contributed by atoms with Crippen molar-refractivity contribution >= 4 is 16.9 Å². The zero-order chi connectivity index (χ0) is 19.9. The number of aliphatic hydroxyl groups is 1. The Kier molecular flexibility index (Phi) is 4.73. The topological polar surface area (TPSA) is 106 Å². The van der Waals surface area contributed by atoms with Crippen LogP contribution in [0.3, 0.4) is 0 Å². The molecule has 1 aliphatic rings. The standard InChI is InChI=1S/C20H22O7/c1-5-10(2)19(24)26-16-7-12-14(27-20(16,3)4)8-15-17(18(12)23)13(22)6-11(9-21)25-15/h5-6,8,16,21,23H,7,9H2,1-4H3/b10-5-/t16-/m1/s1. The third kappa shape index (κ3) is 3.30. The molecule has 144 valence electrons. The van der Waals surface area contributed by atoms with Gasteiger partial charge in [0, 0.05) is 29.7 Å². The summed E-state index contributed by atoms with van der Waals surface area (Å²) >= 11 is 0. The van der Waals surface area contributed by atoms with Crippen LogP contribution in [0.2, 0.25) is 0 Å². The van der Waals surface area contributed by atoms with Crippen molar-refractivity contribution in [2.24, 2.45) is 0 Å². The van der Waals surface area contributed by atoms with Crippen molar-refractivity contribution in [2.75, 3.05) is 0 Å². The van der Waals surface area contributed by atoms with Gasteiger partial charge in [-0.15, -0.1) is 0 Å². The Morgan fingerprint density at radius 2 is 2.11 bits per heavy atom. The number of esters is 1. The highest BCUT2D eigenvalue weighted by atomic mass is 16.6. The average Bonchev–Trinajstić information content (AvgIpc) is 2.61. The van der Waals surface area contributed by atoms with Gasteiger partial charge in [-0.25, -0.2) is 4.79 Å². The van der Waals surface area contributed by atoms with E-state index in [1.165, 1.54) is 6.07 Å². The summed E-state index contributed by atoms with van der Waals surface area (Å²) in [7, 11) is 0. The van der Waals surface area contributed by atoms with Crippen LogP contribution in [-0.2, 0) is 22.6 Å². The largest absolute Gasteiger partial charge is 0.507 e. The van der Waals surface area contributed by atoms with E-state index in [0.717, 1.165) is 6.07 Å². The lowest BCUT2D eigenvalue weighted by molar-refractivity contribution is -0.156. The number of carbonyl (C=O) groups is 1. The van der Waals surface area contributed by atoms with Crippen LogP contribution in [-0.4, -0.2) is 27.9 Å². The summed E-state index contributed by atoms with van der Waals surface area (Å²) in [5, 5.41) is 19.9. The maximum atomic E-state index is 12.3. The summed E-state index contributed by atoms with van der Waals surface area (Å²) in [6.45, 7) is 6.52. The highest BCUT2D eigenvalue weighted by molar-refractivity contribution is 5.88. The number of aromatic hydroxyl groups is 1. The predicted molar refractivity (Wildman–Crippen MR) is 97.8 cm³/mol. The van der Waals surface area contributed by atoms with Gasteiger partial charge in [-0.3, -0.25) is 4.79 Å². The lowest BCUT2D eigenvalue weighted by Gasteiger charge is -2.39. The number of phenolic OH excluding ortho intramolecular Hbond substituents is 1. The SMILES string of the molecule is C/C=C(/C)C(=O)O[C@@H]1Cc2c(cc3oc(CO)cc(=O)c3c2O)OC1(C)C. The number of rotatable bonds is 3. The van der Waals surface area contributed by atoms with Crippen LogP contribution in [0.25, 0.3) is 11.0 Å². The number of aliphatic hydroxyl groups excluding tert-OH is 1. The quantitative estimate of drug-likeness (QED) is 0.628. The fourth-order valence-corrected chi connectivity index (χ4v) is 3.04. The fraction of sp³-hybridized carbons (Fsp3) is 0.400. The minimum Gasteiger partial charge on any atom is -0.507 e. The number of fused-ring (bicyclic) bond motifs is 2. The maximum Gasteiger partial charge on any atom is 0.333 e. The molecule has 2 N–H and O–H groups in total. The molecular formula is C20H22O7. The molecule has 0 fully saturated rings. The van der Waals surface area contributed by atoms with Crippen LogP contribution in [0.4, 0.5) is 0 Å². The van der Waals surface area contributed by atoms with Crippen LogP contribution in [0.5, 0.6) is 11.5 Å². The molecule has 27 heavy (non-hydrogen) atoms. The van der Waals surface area contributed by atoms with Crippen molar-refractivity contribution in [3.05, 3.63) is 45.3 Å². The third-order valence-corrected chi connectivity index (χ3v) is 4.81. The van der Waals surface area contributed by atoms with Crippen molar-refractivity contribution in [3.63, 3.8) is 0 Å². The molecule has 2 heterocycles. The predicted octanol–water partition coefficient (Wildman–Crippen LogP) is 2.58. The summed E-state index contributed by atoms with van der Waals surface area (Å²) in [6.07, 6.45) is 1.19. The Morgan fingerprint density at radius 3 is 2.74 bits per heavy atom. The van der Waals surface area contributed by atoms with Crippen LogP contribution in [0.1, 0.15) is 39.0 Å². The van der Waals surface area contributed by atoms with Gasteiger partial charge in [0.15, 0.2) is 5.43 Å². The van der Waals surface area contributed by atoms with Gasteiger partial charge in [-0.05, 0) is 27.7 Å². The Bertz CT molecular complexity index is 998. The van der Waals surface area contributed by atoms with Crippen molar-refractivity contribution < 1.29 is 28.9 Å².